The molecule has 0 aromatic heterocycles. The number of guanidine groups is 1. The smallest absolute Gasteiger partial charge is 0.193 e. The Morgan fingerprint density at radius 2 is 1.90 bits per heavy atom. The lowest BCUT2D eigenvalue weighted by Gasteiger charge is -2.24. The number of benzene rings is 2. The summed E-state index contributed by atoms with van der Waals surface area (Å²) in [5, 5.41) is 3.56. The Balaban J connectivity index is 1.47. The molecule has 3 rings (SSSR count). The number of methoxy groups -OCH3 is 2. The summed E-state index contributed by atoms with van der Waals surface area (Å²) in [6.45, 7) is 4.01. The summed E-state index contributed by atoms with van der Waals surface area (Å²) >= 11 is 0. The molecule has 0 spiro atoms. The van der Waals surface area contributed by atoms with Crippen LogP contribution < -0.4 is 19.7 Å². The Labute approximate surface area is 180 Å². The molecule has 1 unspecified atom stereocenters. The topological polar surface area (TPSA) is 49.3 Å². The minimum absolute atomic E-state index is 0.626. The molecular formula is C24H34N4O2. The fourth-order valence-corrected chi connectivity index (χ4v) is 3.93. The summed E-state index contributed by atoms with van der Waals surface area (Å²) < 4.78 is 10.7. The molecule has 2 aromatic rings. The third-order valence-corrected chi connectivity index (χ3v) is 5.71. The quantitative estimate of drug-likeness (QED) is 0.535. The molecule has 6 heteroatoms. The summed E-state index contributed by atoms with van der Waals surface area (Å²) in [5.74, 6) is 3.09. The lowest BCUT2D eigenvalue weighted by molar-refractivity contribution is 0.354. The summed E-state index contributed by atoms with van der Waals surface area (Å²) in [6, 6.07) is 16.8. The van der Waals surface area contributed by atoms with Gasteiger partial charge in [0.1, 0.15) is 0 Å². The van der Waals surface area contributed by atoms with Gasteiger partial charge in [-0.15, -0.1) is 0 Å². The molecule has 0 aliphatic carbocycles. The second kappa shape index (κ2) is 10.8. The van der Waals surface area contributed by atoms with Crippen LogP contribution in [0.25, 0.3) is 0 Å². The Morgan fingerprint density at radius 3 is 2.60 bits per heavy atom. The highest BCUT2D eigenvalue weighted by Crippen LogP contribution is 2.27. The van der Waals surface area contributed by atoms with Gasteiger partial charge >= 0.3 is 0 Å². The van der Waals surface area contributed by atoms with Gasteiger partial charge in [-0.2, -0.15) is 0 Å². The maximum absolute atomic E-state index is 5.41. The van der Waals surface area contributed by atoms with E-state index in [1.165, 1.54) is 17.7 Å². The summed E-state index contributed by atoms with van der Waals surface area (Å²) in [6.07, 6.45) is 2.11. The molecule has 1 saturated heterocycles. The molecule has 0 bridgehead atoms. The van der Waals surface area contributed by atoms with Crippen molar-refractivity contribution in [2.75, 3.05) is 59.4 Å². The normalized spacial score (nSPS) is 16.5. The zero-order valence-electron chi connectivity index (χ0n) is 18.6. The molecule has 2 aromatic carbocycles. The summed E-state index contributed by atoms with van der Waals surface area (Å²) in [4.78, 5) is 9.12. The third kappa shape index (κ3) is 5.59. The predicted molar refractivity (Wildman–Crippen MR) is 124 cm³/mol. The van der Waals surface area contributed by atoms with E-state index in [0.29, 0.717) is 5.92 Å². The number of anilines is 1. The molecule has 1 heterocycles. The predicted octanol–water partition coefficient (Wildman–Crippen LogP) is 3.28. The van der Waals surface area contributed by atoms with Crippen molar-refractivity contribution in [1.82, 2.24) is 10.2 Å². The SMILES string of the molecule is CN=C(NCC1CCN(c2ccccc2)C1)N(C)CCc1ccc(OC)c(OC)c1. The first-order valence-electron chi connectivity index (χ1n) is 10.6. The number of aliphatic imine (C=N–C) groups is 1. The lowest BCUT2D eigenvalue weighted by Crippen LogP contribution is -2.42. The van der Waals surface area contributed by atoms with E-state index in [1.54, 1.807) is 14.2 Å². The molecular weight excluding hydrogens is 376 g/mol. The molecule has 0 saturated carbocycles. The van der Waals surface area contributed by atoms with E-state index in [-0.39, 0.29) is 0 Å². The van der Waals surface area contributed by atoms with Gasteiger partial charge in [0.15, 0.2) is 17.5 Å². The van der Waals surface area contributed by atoms with Gasteiger partial charge in [0.2, 0.25) is 0 Å². The second-order valence-electron chi connectivity index (χ2n) is 7.73. The van der Waals surface area contributed by atoms with Crippen LogP contribution in [0.2, 0.25) is 0 Å². The van der Waals surface area contributed by atoms with E-state index in [1.807, 2.05) is 19.2 Å². The van der Waals surface area contributed by atoms with Crippen molar-refractivity contribution in [1.29, 1.82) is 0 Å². The van der Waals surface area contributed by atoms with Crippen LogP contribution in [0.5, 0.6) is 11.5 Å². The van der Waals surface area contributed by atoms with Crippen LogP contribution >= 0.6 is 0 Å². The molecule has 162 valence electrons. The summed E-state index contributed by atoms with van der Waals surface area (Å²) in [7, 11) is 7.26. The van der Waals surface area contributed by atoms with Crippen molar-refractivity contribution in [3.05, 3.63) is 54.1 Å². The number of nitrogens with one attached hydrogen (secondary N) is 1. The average Bonchev–Trinajstić information content (AvgIpc) is 3.27. The van der Waals surface area contributed by atoms with Gasteiger partial charge < -0.3 is 24.6 Å². The van der Waals surface area contributed by atoms with Gasteiger partial charge in [0.05, 0.1) is 14.2 Å². The van der Waals surface area contributed by atoms with Crippen LogP contribution in [0.15, 0.2) is 53.5 Å². The molecule has 1 aliphatic rings. The van der Waals surface area contributed by atoms with E-state index >= 15 is 0 Å². The van der Waals surface area contributed by atoms with Gasteiger partial charge in [-0.05, 0) is 48.6 Å². The molecule has 1 atom stereocenters. The highest BCUT2D eigenvalue weighted by molar-refractivity contribution is 5.79. The van der Waals surface area contributed by atoms with E-state index < -0.39 is 0 Å². The number of hydrogen-bond donors (Lipinski definition) is 1. The Kier molecular flexibility index (Phi) is 7.82. The first-order valence-corrected chi connectivity index (χ1v) is 10.6. The fourth-order valence-electron chi connectivity index (χ4n) is 3.93. The number of para-hydroxylation sites is 1. The Morgan fingerprint density at radius 1 is 1.13 bits per heavy atom. The van der Waals surface area contributed by atoms with Crippen LogP contribution in [0.3, 0.4) is 0 Å². The van der Waals surface area contributed by atoms with E-state index in [2.05, 4.69) is 63.6 Å². The molecule has 30 heavy (non-hydrogen) atoms. The Bertz CT molecular complexity index is 825. The first-order chi connectivity index (χ1) is 14.6. The minimum atomic E-state index is 0.626. The van der Waals surface area contributed by atoms with Crippen LogP contribution in [0.4, 0.5) is 5.69 Å². The molecule has 1 aliphatic heterocycles. The highest BCUT2D eigenvalue weighted by atomic mass is 16.5. The molecule has 0 radical (unpaired) electrons. The number of rotatable bonds is 8. The van der Waals surface area contributed by atoms with E-state index in [4.69, 9.17) is 9.47 Å². The van der Waals surface area contributed by atoms with E-state index in [0.717, 1.165) is 50.1 Å². The Hall–Kier alpha value is -2.89. The zero-order valence-corrected chi connectivity index (χ0v) is 18.6. The van der Waals surface area contributed by atoms with Gasteiger partial charge in [0, 0.05) is 46.0 Å². The van der Waals surface area contributed by atoms with Crippen LogP contribution in [-0.4, -0.2) is 65.4 Å². The van der Waals surface area contributed by atoms with Crippen LogP contribution in [0.1, 0.15) is 12.0 Å². The number of ether oxygens (including phenoxy) is 2. The van der Waals surface area contributed by atoms with Crippen molar-refractivity contribution < 1.29 is 9.47 Å². The molecule has 6 nitrogen and oxygen atoms in total. The minimum Gasteiger partial charge on any atom is -0.493 e. The number of hydrogen-bond acceptors (Lipinski definition) is 4. The third-order valence-electron chi connectivity index (χ3n) is 5.71. The van der Waals surface area contributed by atoms with Crippen molar-refractivity contribution in [2.45, 2.75) is 12.8 Å². The summed E-state index contributed by atoms with van der Waals surface area (Å²) in [5.41, 5.74) is 2.53. The highest BCUT2D eigenvalue weighted by Gasteiger charge is 2.23. The van der Waals surface area contributed by atoms with Crippen molar-refractivity contribution in [2.24, 2.45) is 10.9 Å². The second-order valence-corrected chi connectivity index (χ2v) is 7.73. The van der Waals surface area contributed by atoms with Gasteiger partial charge in [-0.1, -0.05) is 24.3 Å². The maximum atomic E-state index is 5.41. The zero-order chi connectivity index (χ0) is 21.3. The standard InChI is InChI=1S/C24H34N4O2/c1-25-24(26-17-20-13-15-28(18-20)21-8-6-5-7-9-21)27(2)14-12-19-10-11-22(29-3)23(16-19)30-4/h5-11,16,20H,12-15,17-18H2,1-4H3,(H,25,26). The maximum Gasteiger partial charge on any atom is 0.193 e. The van der Waals surface area contributed by atoms with Gasteiger partial charge in [0.25, 0.3) is 0 Å². The number of nitrogens with zero attached hydrogens (tertiary/aromatic N) is 3. The largest absolute Gasteiger partial charge is 0.493 e. The fraction of sp³-hybridized carbons (Fsp3) is 0.458. The van der Waals surface area contributed by atoms with Crippen LogP contribution in [-0.2, 0) is 6.42 Å². The van der Waals surface area contributed by atoms with Crippen molar-refractivity contribution in [3.8, 4) is 11.5 Å². The molecule has 1 fully saturated rings. The number of likely N-dealkylation sites (N-methyl/N-ethyl adjacent to an activating group) is 1. The lowest BCUT2D eigenvalue weighted by atomic mass is 10.1. The van der Waals surface area contributed by atoms with Gasteiger partial charge in [-0.3, -0.25) is 4.99 Å². The monoisotopic (exact) mass is 410 g/mol. The first kappa shape index (κ1) is 21.8. The van der Waals surface area contributed by atoms with Crippen molar-refractivity contribution in [3.63, 3.8) is 0 Å². The molecule has 0 amide bonds. The van der Waals surface area contributed by atoms with E-state index in [9.17, 15) is 0 Å². The average molecular weight is 411 g/mol. The van der Waals surface area contributed by atoms with Crippen LogP contribution in [0, 0.1) is 5.92 Å². The molecule has 1 N–H and O–H groups in total. The van der Waals surface area contributed by atoms with Crippen molar-refractivity contribution >= 4 is 11.6 Å². The van der Waals surface area contributed by atoms with Gasteiger partial charge in [-0.25, -0.2) is 0 Å².